The van der Waals surface area contributed by atoms with E-state index in [1.807, 2.05) is 49.6 Å². The van der Waals surface area contributed by atoms with E-state index in [1.54, 1.807) is 19.0 Å². The molecule has 1 aromatic heterocycles. The van der Waals surface area contributed by atoms with Gasteiger partial charge in [-0.15, -0.1) is 10.2 Å². The summed E-state index contributed by atoms with van der Waals surface area (Å²) in [5, 5.41) is 9.82. The number of thioether (sulfide) groups is 1. The number of carbonyl (C=O) groups excluding carboxylic acids is 1. The quantitative estimate of drug-likeness (QED) is 0.564. The van der Waals surface area contributed by atoms with Crippen LogP contribution < -0.4 is 0 Å². The molecule has 0 saturated heterocycles. The fraction of sp³-hybridized carbons (Fsp3) is 0.286. The highest BCUT2D eigenvalue weighted by Crippen LogP contribution is 2.34. The number of nitrogens with zero attached hydrogens (tertiary/aromatic N) is 4. The summed E-state index contributed by atoms with van der Waals surface area (Å²) in [4.78, 5) is 14.0. The third-order valence-electron chi connectivity index (χ3n) is 4.42. The zero-order chi connectivity index (χ0) is 20.4. The third-order valence-corrected chi connectivity index (χ3v) is 5.78. The average Bonchev–Trinajstić information content (AvgIpc) is 3.06. The Morgan fingerprint density at radius 3 is 2.54 bits per heavy atom. The Morgan fingerprint density at radius 1 is 1.14 bits per heavy atom. The van der Waals surface area contributed by atoms with Gasteiger partial charge >= 0.3 is 0 Å². The number of benzene rings is 2. The van der Waals surface area contributed by atoms with Crippen molar-refractivity contribution < 1.29 is 4.79 Å². The Balaban J connectivity index is 2.18. The largest absolute Gasteiger partial charge is 0.348 e. The normalized spacial score (nSPS) is 12.1. The predicted molar refractivity (Wildman–Crippen MR) is 115 cm³/mol. The van der Waals surface area contributed by atoms with Crippen LogP contribution in [0, 0.1) is 13.8 Å². The van der Waals surface area contributed by atoms with Gasteiger partial charge in [0, 0.05) is 19.7 Å². The van der Waals surface area contributed by atoms with Gasteiger partial charge in [0.25, 0.3) is 0 Å². The van der Waals surface area contributed by atoms with Crippen molar-refractivity contribution >= 4 is 29.3 Å². The molecule has 7 heteroatoms. The molecule has 0 aliphatic rings. The third kappa shape index (κ3) is 4.08. The van der Waals surface area contributed by atoms with Gasteiger partial charge in [0.15, 0.2) is 11.0 Å². The molecule has 1 heterocycles. The summed E-state index contributed by atoms with van der Waals surface area (Å²) in [6.07, 6.45) is 0. The second-order valence-corrected chi connectivity index (χ2v) is 8.62. The van der Waals surface area contributed by atoms with E-state index in [2.05, 4.69) is 28.4 Å². The maximum Gasteiger partial charge on any atom is 0.235 e. The van der Waals surface area contributed by atoms with Gasteiger partial charge < -0.3 is 4.90 Å². The lowest BCUT2D eigenvalue weighted by Crippen LogP contribution is -2.29. The molecule has 5 nitrogen and oxygen atoms in total. The second-order valence-electron chi connectivity index (χ2n) is 6.90. The van der Waals surface area contributed by atoms with Crippen LogP contribution >= 0.6 is 23.4 Å². The Kier molecular flexibility index (Phi) is 6.10. The van der Waals surface area contributed by atoms with E-state index >= 15 is 0 Å². The van der Waals surface area contributed by atoms with Crippen LogP contribution in [0.1, 0.15) is 18.1 Å². The lowest BCUT2D eigenvalue weighted by molar-refractivity contribution is -0.127. The van der Waals surface area contributed by atoms with Crippen LogP contribution in [0.4, 0.5) is 0 Å². The van der Waals surface area contributed by atoms with E-state index in [0.29, 0.717) is 16.0 Å². The fourth-order valence-electron chi connectivity index (χ4n) is 2.91. The summed E-state index contributed by atoms with van der Waals surface area (Å²) in [5.41, 5.74) is 4.00. The smallest absolute Gasteiger partial charge is 0.235 e. The van der Waals surface area contributed by atoms with E-state index in [-0.39, 0.29) is 11.2 Å². The minimum atomic E-state index is -0.290. The van der Waals surface area contributed by atoms with Crippen molar-refractivity contribution in [3.8, 4) is 17.1 Å². The van der Waals surface area contributed by atoms with Crippen molar-refractivity contribution in [1.29, 1.82) is 0 Å². The van der Waals surface area contributed by atoms with E-state index in [9.17, 15) is 4.79 Å². The minimum Gasteiger partial charge on any atom is -0.348 e. The van der Waals surface area contributed by atoms with Gasteiger partial charge in [-0.25, -0.2) is 0 Å². The highest BCUT2D eigenvalue weighted by Gasteiger charge is 2.24. The molecule has 0 aliphatic carbocycles. The molecule has 0 spiro atoms. The lowest BCUT2D eigenvalue weighted by atomic mass is 10.1. The average molecular weight is 415 g/mol. The molecular formula is C21H23ClN4OS. The molecule has 0 aliphatic heterocycles. The zero-order valence-electron chi connectivity index (χ0n) is 16.6. The molecule has 0 fully saturated rings. The Bertz CT molecular complexity index is 1020. The first-order valence-corrected chi connectivity index (χ1v) is 10.2. The van der Waals surface area contributed by atoms with Gasteiger partial charge in [0.2, 0.25) is 5.91 Å². The van der Waals surface area contributed by atoms with Crippen molar-refractivity contribution in [1.82, 2.24) is 19.7 Å². The molecule has 0 saturated carbocycles. The highest BCUT2D eigenvalue weighted by molar-refractivity contribution is 8.00. The van der Waals surface area contributed by atoms with Gasteiger partial charge in [0.05, 0.1) is 16.0 Å². The first kappa shape index (κ1) is 20.4. The molecule has 0 radical (unpaired) electrons. The Hall–Kier alpha value is -2.31. The predicted octanol–water partition coefficient (Wildman–Crippen LogP) is 4.77. The highest BCUT2D eigenvalue weighted by atomic mass is 35.5. The van der Waals surface area contributed by atoms with Crippen LogP contribution in [-0.4, -0.2) is 44.9 Å². The van der Waals surface area contributed by atoms with E-state index in [4.69, 9.17) is 11.6 Å². The molecule has 0 bridgehead atoms. The topological polar surface area (TPSA) is 51.0 Å². The molecule has 1 atom stereocenters. The molecule has 146 valence electrons. The van der Waals surface area contributed by atoms with Gasteiger partial charge in [0.1, 0.15) is 0 Å². The summed E-state index contributed by atoms with van der Waals surface area (Å²) in [6, 6.07) is 13.8. The summed E-state index contributed by atoms with van der Waals surface area (Å²) < 4.78 is 1.99. The van der Waals surface area contributed by atoms with Gasteiger partial charge in [-0.3, -0.25) is 9.36 Å². The first-order chi connectivity index (χ1) is 13.3. The molecular weight excluding hydrogens is 392 g/mol. The van der Waals surface area contributed by atoms with Crippen LogP contribution in [0.2, 0.25) is 5.02 Å². The summed E-state index contributed by atoms with van der Waals surface area (Å²) in [5.74, 6) is 0.686. The number of amides is 1. The number of halogens is 1. The summed E-state index contributed by atoms with van der Waals surface area (Å²) >= 11 is 7.84. The van der Waals surface area contributed by atoms with Crippen molar-refractivity contribution in [2.75, 3.05) is 14.1 Å². The number of aromatic nitrogens is 3. The Labute approximate surface area is 174 Å². The molecule has 2 aromatic carbocycles. The fourth-order valence-corrected chi connectivity index (χ4v) is 4.14. The number of hydrogen-bond acceptors (Lipinski definition) is 4. The number of carbonyl (C=O) groups is 1. The number of rotatable bonds is 5. The van der Waals surface area contributed by atoms with E-state index in [0.717, 1.165) is 22.4 Å². The minimum absolute atomic E-state index is 0.0276. The molecule has 28 heavy (non-hydrogen) atoms. The maximum absolute atomic E-state index is 12.4. The van der Waals surface area contributed by atoms with E-state index < -0.39 is 0 Å². The molecule has 1 unspecified atom stereocenters. The van der Waals surface area contributed by atoms with Gasteiger partial charge in [-0.1, -0.05) is 47.6 Å². The maximum atomic E-state index is 12.4. The Morgan fingerprint density at radius 2 is 1.86 bits per heavy atom. The molecule has 3 rings (SSSR count). The van der Waals surface area contributed by atoms with Crippen LogP contribution in [0.15, 0.2) is 47.6 Å². The second kappa shape index (κ2) is 8.37. The van der Waals surface area contributed by atoms with Crippen molar-refractivity contribution in [2.24, 2.45) is 0 Å². The first-order valence-electron chi connectivity index (χ1n) is 8.95. The van der Waals surface area contributed by atoms with Crippen molar-refractivity contribution in [3.05, 3.63) is 58.6 Å². The van der Waals surface area contributed by atoms with E-state index in [1.165, 1.54) is 11.8 Å². The summed E-state index contributed by atoms with van der Waals surface area (Å²) in [6.45, 7) is 5.98. The lowest BCUT2D eigenvalue weighted by Gasteiger charge is -2.18. The molecule has 1 amide bonds. The number of aryl methyl sites for hydroxylation is 2. The molecule has 0 N–H and O–H groups in total. The van der Waals surface area contributed by atoms with Crippen LogP contribution in [-0.2, 0) is 4.79 Å². The van der Waals surface area contributed by atoms with Gasteiger partial charge in [-0.2, -0.15) is 0 Å². The van der Waals surface area contributed by atoms with Crippen LogP contribution in [0.3, 0.4) is 0 Å². The van der Waals surface area contributed by atoms with Crippen LogP contribution in [0.5, 0.6) is 0 Å². The van der Waals surface area contributed by atoms with Crippen molar-refractivity contribution in [3.63, 3.8) is 0 Å². The molecule has 3 aromatic rings. The zero-order valence-corrected chi connectivity index (χ0v) is 18.2. The summed E-state index contributed by atoms with van der Waals surface area (Å²) in [7, 11) is 3.51. The monoisotopic (exact) mass is 414 g/mol. The van der Waals surface area contributed by atoms with Gasteiger partial charge in [-0.05, 0) is 50.1 Å². The SMILES string of the molecule is Cc1ccc(C)c(-n2c(SC(C)C(=O)N(C)C)nnc2-c2ccccc2Cl)c1. The number of hydrogen-bond donors (Lipinski definition) is 0. The standard InChI is InChI=1S/C21H23ClN4OS/c1-13-10-11-14(2)18(12-13)26-19(16-8-6-7-9-17(16)22)23-24-21(26)28-15(3)20(27)25(4)5/h6-12,15H,1-5H3. The van der Waals surface area contributed by atoms with Crippen molar-refractivity contribution in [2.45, 2.75) is 31.2 Å². The van der Waals surface area contributed by atoms with Crippen LogP contribution in [0.25, 0.3) is 17.1 Å².